The highest BCUT2D eigenvalue weighted by atomic mass is 35.5. The lowest BCUT2D eigenvalue weighted by molar-refractivity contribution is 0.0527. The molecule has 1 aliphatic rings. The van der Waals surface area contributed by atoms with E-state index in [1.165, 1.54) is 5.56 Å². The normalized spacial score (nSPS) is 14.1. The maximum absolute atomic E-state index is 12.6. The largest absolute Gasteiger partial charge is 0.462 e. The minimum atomic E-state index is -0.488. The quantitative estimate of drug-likeness (QED) is 0.429. The summed E-state index contributed by atoms with van der Waals surface area (Å²) < 4.78 is 10.4. The van der Waals surface area contributed by atoms with E-state index < -0.39 is 11.9 Å². The molecule has 1 N–H and O–H groups in total. The number of benzene rings is 1. The van der Waals surface area contributed by atoms with Crippen LogP contribution in [0, 0.1) is 6.92 Å². The molecule has 1 fully saturated rings. The van der Waals surface area contributed by atoms with Gasteiger partial charge in [-0.3, -0.25) is 4.90 Å². The molecule has 1 saturated heterocycles. The number of anilines is 1. The smallest absolute Gasteiger partial charge is 0.348 e. The molecule has 0 amide bonds. The summed E-state index contributed by atoms with van der Waals surface area (Å²) in [7, 11) is 0. The van der Waals surface area contributed by atoms with E-state index >= 15 is 0 Å². The summed E-state index contributed by atoms with van der Waals surface area (Å²) in [5.74, 6) is -0.947. The number of thiocarbonyl (C=S) groups is 1. The van der Waals surface area contributed by atoms with Gasteiger partial charge in [0.1, 0.15) is 9.88 Å². The van der Waals surface area contributed by atoms with Gasteiger partial charge < -0.3 is 19.7 Å². The van der Waals surface area contributed by atoms with Crippen molar-refractivity contribution in [2.45, 2.75) is 27.3 Å². The number of halogens is 1. The zero-order chi connectivity index (χ0) is 24.0. The summed E-state index contributed by atoms with van der Waals surface area (Å²) in [5.41, 5.74) is 2.04. The van der Waals surface area contributed by atoms with Gasteiger partial charge in [0.25, 0.3) is 0 Å². The van der Waals surface area contributed by atoms with Gasteiger partial charge in [0.2, 0.25) is 0 Å². The van der Waals surface area contributed by atoms with Crippen LogP contribution >= 0.6 is 35.2 Å². The number of ether oxygens (including phenoxy) is 2. The summed E-state index contributed by atoms with van der Waals surface area (Å²) >= 11 is 12.9. The maximum atomic E-state index is 12.6. The Morgan fingerprint density at radius 1 is 1.12 bits per heavy atom. The Kier molecular flexibility index (Phi) is 9.08. The van der Waals surface area contributed by atoms with E-state index in [9.17, 15) is 9.59 Å². The molecule has 2 aromatic rings. The number of piperazine rings is 1. The van der Waals surface area contributed by atoms with Gasteiger partial charge in [-0.15, -0.1) is 11.3 Å². The van der Waals surface area contributed by atoms with E-state index in [0.29, 0.717) is 26.1 Å². The third-order valence-corrected chi connectivity index (χ3v) is 7.04. The Bertz CT molecular complexity index is 1020. The van der Waals surface area contributed by atoms with E-state index in [-0.39, 0.29) is 13.2 Å². The number of hydrogen-bond acceptors (Lipinski definition) is 7. The molecule has 0 aliphatic carbocycles. The first-order chi connectivity index (χ1) is 15.8. The Morgan fingerprint density at radius 2 is 1.79 bits per heavy atom. The van der Waals surface area contributed by atoms with Crippen molar-refractivity contribution >= 4 is 57.2 Å². The molecule has 0 atom stereocenters. The molecule has 178 valence electrons. The molecule has 7 nitrogen and oxygen atoms in total. The van der Waals surface area contributed by atoms with Crippen molar-refractivity contribution in [3.05, 3.63) is 50.9 Å². The lowest BCUT2D eigenvalue weighted by atomic mass is 10.1. The molecular formula is C23H28ClN3O4S2. The number of nitrogens with one attached hydrogen (secondary N) is 1. The zero-order valence-electron chi connectivity index (χ0n) is 19.0. The predicted octanol–water partition coefficient (Wildman–Crippen LogP) is 4.58. The van der Waals surface area contributed by atoms with Crippen molar-refractivity contribution in [3.63, 3.8) is 0 Å². The summed E-state index contributed by atoms with van der Waals surface area (Å²) in [5, 5.41) is 4.93. The fourth-order valence-electron chi connectivity index (χ4n) is 3.62. The first-order valence-corrected chi connectivity index (χ1v) is 12.4. The average molecular weight is 510 g/mol. The topological polar surface area (TPSA) is 71.1 Å². The van der Waals surface area contributed by atoms with Gasteiger partial charge in [-0.25, -0.2) is 9.59 Å². The highest BCUT2D eigenvalue weighted by Crippen LogP contribution is 2.34. The van der Waals surface area contributed by atoms with Crippen LogP contribution in [0.2, 0.25) is 5.02 Å². The van der Waals surface area contributed by atoms with Gasteiger partial charge in [-0.2, -0.15) is 0 Å². The van der Waals surface area contributed by atoms with E-state index in [4.69, 9.17) is 33.3 Å². The number of carbonyl (C=O) groups excluding carboxylic acids is 2. The van der Waals surface area contributed by atoms with Crippen LogP contribution in [-0.4, -0.2) is 66.2 Å². The molecule has 2 heterocycles. The van der Waals surface area contributed by atoms with Gasteiger partial charge in [-0.05, 0) is 56.2 Å². The predicted molar refractivity (Wildman–Crippen MR) is 135 cm³/mol. The molecule has 3 rings (SSSR count). The highest BCUT2D eigenvalue weighted by Gasteiger charge is 2.28. The molecule has 10 heteroatoms. The Morgan fingerprint density at radius 3 is 2.42 bits per heavy atom. The van der Waals surface area contributed by atoms with Crippen LogP contribution in [0.3, 0.4) is 0 Å². The van der Waals surface area contributed by atoms with Gasteiger partial charge >= 0.3 is 11.9 Å². The fraction of sp³-hybridized carbons (Fsp3) is 0.435. The summed E-state index contributed by atoms with van der Waals surface area (Å²) in [6.45, 7) is 9.71. The standard InChI is InChI=1S/C23H28ClN3O4S2/c1-4-30-21(28)18-15(3)19(22(29)31-5-2)33-20(18)25-23(32)27-11-9-26(10-12-27)14-16-7-6-8-17(24)13-16/h6-8,13H,4-5,9-12,14H2,1-3H3,(H,25,32). The third kappa shape index (κ3) is 6.44. The molecule has 0 saturated carbocycles. The second-order valence-corrected chi connectivity index (χ2v) is 9.37. The van der Waals surface area contributed by atoms with Gasteiger partial charge in [0.15, 0.2) is 5.11 Å². The minimum Gasteiger partial charge on any atom is -0.462 e. The van der Waals surface area contributed by atoms with Crippen LogP contribution in [0.25, 0.3) is 0 Å². The molecule has 1 aromatic heterocycles. The number of thiophene rings is 1. The second kappa shape index (κ2) is 11.8. The van der Waals surface area contributed by atoms with Gasteiger partial charge in [0, 0.05) is 37.7 Å². The van der Waals surface area contributed by atoms with Crippen LogP contribution in [-0.2, 0) is 16.0 Å². The lowest BCUT2D eigenvalue weighted by Crippen LogP contribution is -2.49. The van der Waals surface area contributed by atoms with Crippen molar-refractivity contribution in [2.24, 2.45) is 0 Å². The lowest BCUT2D eigenvalue weighted by Gasteiger charge is -2.36. The van der Waals surface area contributed by atoms with E-state index in [0.717, 1.165) is 49.1 Å². The number of nitrogens with zero attached hydrogens (tertiary/aromatic N) is 2. The molecule has 1 aromatic carbocycles. The van der Waals surface area contributed by atoms with E-state index in [1.54, 1.807) is 20.8 Å². The molecule has 0 bridgehead atoms. The van der Waals surface area contributed by atoms with Crippen molar-refractivity contribution in [3.8, 4) is 0 Å². The maximum Gasteiger partial charge on any atom is 0.348 e. The molecular weight excluding hydrogens is 482 g/mol. The second-order valence-electron chi connectivity index (χ2n) is 7.52. The Labute approximate surface area is 208 Å². The summed E-state index contributed by atoms with van der Waals surface area (Å²) in [4.78, 5) is 29.7. The van der Waals surface area contributed by atoms with Crippen molar-refractivity contribution in [1.29, 1.82) is 0 Å². The van der Waals surface area contributed by atoms with E-state index in [1.807, 2.05) is 18.2 Å². The number of rotatable bonds is 7. The molecule has 0 unspecified atom stereocenters. The molecule has 1 aliphatic heterocycles. The Hall–Kier alpha value is -2.20. The number of esters is 2. The minimum absolute atomic E-state index is 0.237. The first kappa shape index (κ1) is 25.4. The van der Waals surface area contributed by atoms with Gasteiger partial charge in [0.05, 0.1) is 18.8 Å². The molecule has 0 spiro atoms. The van der Waals surface area contributed by atoms with Crippen LogP contribution < -0.4 is 5.32 Å². The van der Waals surface area contributed by atoms with Crippen LogP contribution in [0.1, 0.15) is 45.0 Å². The van der Waals surface area contributed by atoms with Crippen molar-refractivity contribution in [2.75, 3.05) is 44.7 Å². The average Bonchev–Trinajstić information content (AvgIpc) is 3.10. The Balaban J connectivity index is 1.67. The van der Waals surface area contributed by atoms with Crippen LogP contribution in [0.15, 0.2) is 24.3 Å². The fourth-order valence-corrected chi connectivity index (χ4v) is 5.27. The van der Waals surface area contributed by atoms with E-state index in [2.05, 4.69) is 21.2 Å². The zero-order valence-corrected chi connectivity index (χ0v) is 21.4. The SMILES string of the molecule is CCOC(=O)c1sc(NC(=S)N2CCN(Cc3cccc(Cl)c3)CC2)c(C(=O)OCC)c1C. The third-order valence-electron chi connectivity index (χ3n) is 5.26. The van der Waals surface area contributed by atoms with Crippen LogP contribution in [0.5, 0.6) is 0 Å². The monoisotopic (exact) mass is 509 g/mol. The first-order valence-electron chi connectivity index (χ1n) is 10.8. The molecule has 33 heavy (non-hydrogen) atoms. The number of hydrogen-bond donors (Lipinski definition) is 1. The number of carbonyl (C=O) groups is 2. The van der Waals surface area contributed by atoms with Crippen molar-refractivity contribution in [1.82, 2.24) is 9.80 Å². The van der Waals surface area contributed by atoms with Crippen LogP contribution in [0.4, 0.5) is 5.00 Å². The van der Waals surface area contributed by atoms with Gasteiger partial charge in [-0.1, -0.05) is 23.7 Å². The van der Waals surface area contributed by atoms with Crippen molar-refractivity contribution < 1.29 is 19.1 Å². The summed E-state index contributed by atoms with van der Waals surface area (Å²) in [6.07, 6.45) is 0. The molecule has 0 radical (unpaired) electrons. The highest BCUT2D eigenvalue weighted by molar-refractivity contribution is 7.80. The summed E-state index contributed by atoms with van der Waals surface area (Å²) in [6, 6.07) is 7.89.